The Balaban J connectivity index is 1.86. The molecule has 0 unspecified atom stereocenters. The van der Waals surface area contributed by atoms with Gasteiger partial charge >= 0.3 is 0 Å². The first-order valence-corrected chi connectivity index (χ1v) is 8.71. The summed E-state index contributed by atoms with van der Waals surface area (Å²) in [6, 6.07) is 16.5. The van der Waals surface area contributed by atoms with Crippen molar-refractivity contribution in [2.45, 2.75) is 20.0 Å². The summed E-state index contributed by atoms with van der Waals surface area (Å²) >= 11 is 0. The molecule has 0 fully saturated rings. The minimum Gasteiger partial charge on any atom is -0.488 e. The molecule has 0 atom stereocenters. The molecule has 0 spiro atoms. The first-order valence-electron chi connectivity index (χ1n) is 8.71. The van der Waals surface area contributed by atoms with E-state index in [1.165, 1.54) is 5.56 Å². The monoisotopic (exact) mass is 348 g/mol. The van der Waals surface area contributed by atoms with Crippen molar-refractivity contribution in [1.29, 1.82) is 0 Å². The van der Waals surface area contributed by atoms with Crippen LogP contribution >= 0.6 is 0 Å². The van der Waals surface area contributed by atoms with Gasteiger partial charge in [-0.1, -0.05) is 43.3 Å². The van der Waals surface area contributed by atoms with E-state index in [0.717, 1.165) is 29.1 Å². The molecule has 2 aromatic carbocycles. The van der Waals surface area contributed by atoms with Crippen LogP contribution in [0.5, 0.6) is 5.75 Å². The Bertz CT molecular complexity index is 852. The van der Waals surface area contributed by atoms with Gasteiger partial charge in [0.25, 0.3) is 0 Å². The van der Waals surface area contributed by atoms with Crippen molar-refractivity contribution < 1.29 is 4.74 Å². The van der Waals surface area contributed by atoms with Gasteiger partial charge in [0.1, 0.15) is 18.7 Å². The molecule has 3 rings (SSSR count). The smallest absolute Gasteiger partial charge is 0.168 e. The molecule has 3 aromatic rings. The third-order valence-corrected chi connectivity index (χ3v) is 4.00. The molecule has 134 valence electrons. The van der Waals surface area contributed by atoms with Gasteiger partial charge in [-0.15, -0.1) is 0 Å². The van der Waals surface area contributed by atoms with E-state index in [1.54, 1.807) is 17.5 Å². The summed E-state index contributed by atoms with van der Waals surface area (Å²) in [5.74, 6) is 1.56. The van der Waals surface area contributed by atoms with Crippen LogP contribution in [-0.4, -0.2) is 34.5 Å². The molecule has 0 aliphatic rings. The summed E-state index contributed by atoms with van der Waals surface area (Å²) in [4.78, 5) is 4.14. The Morgan fingerprint density at radius 1 is 1.08 bits per heavy atom. The summed E-state index contributed by atoms with van der Waals surface area (Å²) in [7, 11) is 3.80. The lowest BCUT2D eigenvalue weighted by molar-refractivity contribution is 0.305. The molecular formula is C21H24N4O. The van der Waals surface area contributed by atoms with E-state index in [2.05, 4.69) is 41.3 Å². The van der Waals surface area contributed by atoms with Crippen LogP contribution in [0.4, 0.5) is 0 Å². The Labute approximate surface area is 154 Å². The second kappa shape index (κ2) is 8.34. The van der Waals surface area contributed by atoms with Crippen LogP contribution in [0.25, 0.3) is 0 Å². The highest BCUT2D eigenvalue weighted by atomic mass is 16.5. The van der Waals surface area contributed by atoms with Crippen molar-refractivity contribution in [3.05, 3.63) is 83.9 Å². The number of nitrogens with zero attached hydrogens (tertiary/aromatic N) is 4. The van der Waals surface area contributed by atoms with Gasteiger partial charge in [-0.2, -0.15) is 5.10 Å². The van der Waals surface area contributed by atoms with Crippen molar-refractivity contribution in [3.8, 4) is 5.75 Å². The number of rotatable bonds is 6. The van der Waals surface area contributed by atoms with E-state index >= 15 is 0 Å². The molecule has 0 radical (unpaired) electrons. The highest BCUT2D eigenvalue weighted by Gasteiger charge is 2.13. The summed E-state index contributed by atoms with van der Waals surface area (Å²) in [5.41, 5.74) is 3.39. The summed E-state index contributed by atoms with van der Waals surface area (Å²) in [6.45, 7) is 2.67. The first-order chi connectivity index (χ1) is 12.7. The lowest BCUT2D eigenvalue weighted by atomic mass is 10.1. The van der Waals surface area contributed by atoms with Crippen LogP contribution in [0.3, 0.4) is 0 Å². The molecule has 5 nitrogen and oxygen atoms in total. The number of aromatic nitrogens is 2. The fraction of sp³-hybridized carbons (Fsp3) is 0.238. The molecule has 5 heteroatoms. The maximum absolute atomic E-state index is 6.12. The largest absolute Gasteiger partial charge is 0.488 e. The van der Waals surface area contributed by atoms with Crippen molar-refractivity contribution in [2.75, 3.05) is 14.1 Å². The van der Waals surface area contributed by atoms with E-state index in [1.807, 2.05) is 49.1 Å². The Morgan fingerprint density at radius 2 is 1.81 bits per heavy atom. The van der Waals surface area contributed by atoms with Crippen LogP contribution in [0.1, 0.15) is 23.6 Å². The number of hydrogen-bond acceptors (Lipinski definition) is 4. The highest BCUT2D eigenvalue weighted by Crippen LogP contribution is 2.21. The molecule has 0 bridgehead atoms. The standard InChI is InChI=1S/C21H24N4O/c1-4-17-9-11-18(12-10-17)15-26-20-8-6-5-7-19(20)21(23-24(2)3)25-14-13-22-16-25/h5-14,16H,4,15H2,1-3H3. The van der Waals surface area contributed by atoms with Crippen LogP contribution in [-0.2, 0) is 13.0 Å². The molecular weight excluding hydrogens is 324 g/mol. The summed E-state index contributed by atoms with van der Waals surface area (Å²) in [5, 5.41) is 6.39. The number of aryl methyl sites for hydroxylation is 1. The predicted octanol–water partition coefficient (Wildman–Crippen LogP) is 3.80. The van der Waals surface area contributed by atoms with Gasteiger partial charge < -0.3 is 9.75 Å². The van der Waals surface area contributed by atoms with Crippen molar-refractivity contribution >= 4 is 5.84 Å². The molecule has 0 N–H and O–H groups in total. The van der Waals surface area contributed by atoms with Crippen molar-refractivity contribution in [2.24, 2.45) is 5.10 Å². The second-order valence-corrected chi connectivity index (χ2v) is 6.20. The summed E-state index contributed by atoms with van der Waals surface area (Å²) < 4.78 is 8.01. The van der Waals surface area contributed by atoms with E-state index in [-0.39, 0.29) is 0 Å². The second-order valence-electron chi connectivity index (χ2n) is 6.20. The average molecular weight is 348 g/mol. The SMILES string of the molecule is CCc1ccc(COc2ccccc2C(=NN(C)C)n2ccnc2)cc1. The molecule has 0 saturated heterocycles. The van der Waals surface area contributed by atoms with Gasteiger partial charge in [-0.25, -0.2) is 4.98 Å². The fourth-order valence-corrected chi connectivity index (χ4v) is 2.63. The molecule has 0 saturated carbocycles. The van der Waals surface area contributed by atoms with Crippen molar-refractivity contribution in [3.63, 3.8) is 0 Å². The number of imidazole rings is 1. The Kier molecular flexibility index (Phi) is 5.69. The number of hydrogen-bond donors (Lipinski definition) is 0. The molecule has 26 heavy (non-hydrogen) atoms. The zero-order valence-corrected chi connectivity index (χ0v) is 15.5. The summed E-state index contributed by atoms with van der Waals surface area (Å²) in [6.07, 6.45) is 6.40. The third-order valence-electron chi connectivity index (χ3n) is 4.00. The van der Waals surface area contributed by atoms with Gasteiger partial charge in [-0.3, -0.25) is 4.57 Å². The highest BCUT2D eigenvalue weighted by molar-refractivity contribution is 6.02. The third kappa shape index (κ3) is 4.30. The molecule has 1 heterocycles. The van der Waals surface area contributed by atoms with Crippen LogP contribution in [0, 0.1) is 0 Å². The maximum Gasteiger partial charge on any atom is 0.168 e. The average Bonchev–Trinajstić information content (AvgIpc) is 3.19. The lowest BCUT2D eigenvalue weighted by Crippen LogP contribution is -2.18. The first kappa shape index (κ1) is 17.7. The number of para-hydroxylation sites is 1. The van der Waals surface area contributed by atoms with Gasteiger partial charge in [0.2, 0.25) is 0 Å². The fourth-order valence-electron chi connectivity index (χ4n) is 2.63. The van der Waals surface area contributed by atoms with E-state index in [4.69, 9.17) is 4.74 Å². The normalized spacial score (nSPS) is 11.4. The zero-order chi connectivity index (χ0) is 18.4. The van der Waals surface area contributed by atoms with Crippen LogP contribution in [0.15, 0.2) is 72.4 Å². The van der Waals surface area contributed by atoms with Gasteiger partial charge in [0, 0.05) is 26.5 Å². The predicted molar refractivity (Wildman–Crippen MR) is 104 cm³/mol. The van der Waals surface area contributed by atoms with Crippen molar-refractivity contribution in [1.82, 2.24) is 14.6 Å². The van der Waals surface area contributed by atoms with E-state index in [9.17, 15) is 0 Å². The topological polar surface area (TPSA) is 42.6 Å². The minimum atomic E-state index is 0.514. The van der Waals surface area contributed by atoms with Gasteiger partial charge in [0.15, 0.2) is 5.84 Å². The Hall–Kier alpha value is -3.08. The lowest BCUT2D eigenvalue weighted by Gasteiger charge is -2.16. The van der Waals surface area contributed by atoms with Gasteiger partial charge in [0.05, 0.1) is 5.56 Å². The molecule has 0 aliphatic heterocycles. The Morgan fingerprint density at radius 3 is 2.46 bits per heavy atom. The van der Waals surface area contributed by atoms with Crippen LogP contribution < -0.4 is 4.74 Å². The maximum atomic E-state index is 6.12. The molecule has 0 aliphatic carbocycles. The van der Waals surface area contributed by atoms with Crippen LogP contribution in [0.2, 0.25) is 0 Å². The molecule has 0 amide bonds. The van der Waals surface area contributed by atoms with Gasteiger partial charge in [-0.05, 0) is 29.7 Å². The van der Waals surface area contributed by atoms with E-state index < -0.39 is 0 Å². The zero-order valence-electron chi connectivity index (χ0n) is 15.5. The number of benzene rings is 2. The number of hydrazone groups is 1. The number of ether oxygens (including phenoxy) is 1. The quantitative estimate of drug-likeness (QED) is 0.387. The minimum absolute atomic E-state index is 0.514. The van der Waals surface area contributed by atoms with E-state index in [0.29, 0.717) is 6.61 Å². The molecule has 1 aromatic heterocycles.